The smallest absolute Gasteiger partial charge is 0.338 e. The van der Waals surface area contributed by atoms with E-state index in [1.54, 1.807) is 36.4 Å². The predicted molar refractivity (Wildman–Crippen MR) is 109 cm³/mol. The number of hydrogen-bond donors (Lipinski definition) is 0. The van der Waals surface area contributed by atoms with Gasteiger partial charge in [-0.25, -0.2) is 13.2 Å². The molecule has 1 aliphatic carbocycles. The van der Waals surface area contributed by atoms with Gasteiger partial charge in [-0.2, -0.15) is 0 Å². The zero-order chi connectivity index (χ0) is 20.4. The minimum atomic E-state index is -3.34. The second kappa shape index (κ2) is 7.83. The molecule has 150 valence electrons. The Labute approximate surface area is 169 Å². The van der Waals surface area contributed by atoms with Crippen LogP contribution >= 0.6 is 0 Å². The largest absolute Gasteiger partial charge is 0.452 e. The molecule has 0 saturated heterocycles. The van der Waals surface area contributed by atoms with Gasteiger partial charge in [-0.1, -0.05) is 24.3 Å². The third kappa shape index (κ3) is 4.24. The lowest BCUT2D eigenvalue weighted by atomic mass is 10.1. The summed E-state index contributed by atoms with van der Waals surface area (Å²) >= 11 is 0. The fourth-order valence-electron chi connectivity index (χ4n) is 3.81. The summed E-state index contributed by atoms with van der Waals surface area (Å²) in [5.41, 5.74) is 3.38. The van der Waals surface area contributed by atoms with Crippen LogP contribution in [0.5, 0.6) is 0 Å². The number of carbonyl (C=O) groups is 2. The maximum Gasteiger partial charge on any atom is 0.338 e. The standard InChI is InChI=1S/C22H21NO5S/c24-21(14-28-22(25)18-10-9-16-5-4-6-17(16)13-18)23(19-7-2-1-3-8-19)20-11-12-29(26,27)15-20/h1-3,7-13,20H,4-6,14-15H2/t20-/m1/s1. The lowest BCUT2D eigenvalue weighted by Gasteiger charge is -2.27. The number of rotatable bonds is 5. The zero-order valence-electron chi connectivity index (χ0n) is 15.8. The van der Waals surface area contributed by atoms with Crippen LogP contribution < -0.4 is 4.90 Å². The topological polar surface area (TPSA) is 80.8 Å². The number of hydrogen-bond acceptors (Lipinski definition) is 5. The molecule has 0 spiro atoms. The first-order valence-corrected chi connectivity index (χ1v) is 11.2. The highest BCUT2D eigenvalue weighted by Crippen LogP contribution is 2.24. The molecule has 6 nitrogen and oxygen atoms in total. The molecule has 4 rings (SSSR count). The van der Waals surface area contributed by atoms with E-state index in [0.717, 1.165) is 30.2 Å². The van der Waals surface area contributed by atoms with Gasteiger partial charge in [0.05, 0.1) is 17.4 Å². The van der Waals surface area contributed by atoms with Crippen molar-refractivity contribution < 1.29 is 22.7 Å². The number of ether oxygens (including phenoxy) is 1. The van der Waals surface area contributed by atoms with E-state index in [-0.39, 0.29) is 5.75 Å². The van der Waals surface area contributed by atoms with Crippen molar-refractivity contribution in [3.05, 3.63) is 76.7 Å². The molecule has 1 amide bonds. The molecule has 1 atom stereocenters. The number of anilines is 1. The van der Waals surface area contributed by atoms with Crippen molar-refractivity contribution in [1.82, 2.24) is 0 Å². The second-order valence-corrected chi connectivity index (χ2v) is 9.17. The van der Waals surface area contributed by atoms with Crippen molar-refractivity contribution in [2.45, 2.75) is 25.3 Å². The molecule has 2 aliphatic rings. The summed E-state index contributed by atoms with van der Waals surface area (Å²) in [5, 5.41) is 1.12. The number of nitrogens with zero attached hydrogens (tertiary/aromatic N) is 1. The van der Waals surface area contributed by atoms with Crippen LogP contribution in [-0.4, -0.2) is 38.7 Å². The highest BCUT2D eigenvalue weighted by Gasteiger charge is 2.32. The Morgan fingerprint density at radius 1 is 1.03 bits per heavy atom. The molecular weight excluding hydrogens is 390 g/mol. The lowest BCUT2D eigenvalue weighted by molar-refractivity contribution is -0.121. The van der Waals surface area contributed by atoms with E-state index in [4.69, 9.17) is 4.74 Å². The number of aryl methyl sites for hydroxylation is 2. The monoisotopic (exact) mass is 411 g/mol. The Bertz CT molecular complexity index is 1080. The summed E-state index contributed by atoms with van der Waals surface area (Å²) in [7, 11) is -3.34. The summed E-state index contributed by atoms with van der Waals surface area (Å²) in [6.07, 6.45) is 4.53. The summed E-state index contributed by atoms with van der Waals surface area (Å²) in [4.78, 5) is 26.7. The van der Waals surface area contributed by atoms with Crippen molar-refractivity contribution in [2.24, 2.45) is 0 Å². The molecule has 2 aromatic rings. The van der Waals surface area contributed by atoms with Crippen LogP contribution in [0.15, 0.2) is 60.0 Å². The van der Waals surface area contributed by atoms with Gasteiger partial charge >= 0.3 is 5.97 Å². The van der Waals surface area contributed by atoms with Gasteiger partial charge in [0.1, 0.15) is 0 Å². The van der Waals surface area contributed by atoms with E-state index in [1.807, 2.05) is 12.1 Å². The van der Waals surface area contributed by atoms with Gasteiger partial charge in [-0.3, -0.25) is 4.79 Å². The van der Waals surface area contributed by atoms with Crippen LogP contribution in [0.4, 0.5) is 5.69 Å². The Balaban J connectivity index is 1.48. The van der Waals surface area contributed by atoms with E-state index in [1.165, 1.54) is 16.5 Å². The van der Waals surface area contributed by atoms with Crippen molar-refractivity contribution in [3.8, 4) is 0 Å². The first kappa shape index (κ1) is 19.4. The molecule has 0 N–H and O–H groups in total. The van der Waals surface area contributed by atoms with Crippen LogP contribution in [0.25, 0.3) is 0 Å². The first-order valence-electron chi connectivity index (χ1n) is 9.50. The second-order valence-electron chi connectivity index (χ2n) is 7.24. The average Bonchev–Trinajstić information content (AvgIpc) is 3.32. The van der Waals surface area contributed by atoms with Crippen LogP contribution in [0.1, 0.15) is 27.9 Å². The molecule has 1 heterocycles. The van der Waals surface area contributed by atoms with Crippen LogP contribution in [0.2, 0.25) is 0 Å². The number of amides is 1. The summed E-state index contributed by atoms with van der Waals surface area (Å²) in [5.74, 6) is -1.22. The molecule has 0 fully saturated rings. The Morgan fingerprint density at radius 2 is 1.79 bits per heavy atom. The van der Waals surface area contributed by atoms with Gasteiger partial charge in [0.15, 0.2) is 16.4 Å². The van der Waals surface area contributed by atoms with Crippen molar-refractivity contribution in [3.63, 3.8) is 0 Å². The average molecular weight is 411 g/mol. The summed E-state index contributed by atoms with van der Waals surface area (Å²) < 4.78 is 28.9. The van der Waals surface area contributed by atoms with Crippen molar-refractivity contribution in [1.29, 1.82) is 0 Å². The molecule has 0 bridgehead atoms. The quantitative estimate of drug-likeness (QED) is 0.707. The maximum absolute atomic E-state index is 12.9. The Hall–Kier alpha value is -2.93. The molecule has 0 unspecified atom stereocenters. The lowest BCUT2D eigenvalue weighted by Crippen LogP contribution is -2.43. The fraction of sp³-hybridized carbons (Fsp3) is 0.273. The predicted octanol–water partition coefficient (Wildman–Crippen LogP) is 2.68. The number of carbonyl (C=O) groups excluding carboxylic acids is 2. The normalized spacial score (nSPS) is 19.0. The molecule has 2 aromatic carbocycles. The summed E-state index contributed by atoms with van der Waals surface area (Å²) in [6.45, 7) is -0.463. The highest BCUT2D eigenvalue weighted by atomic mass is 32.2. The number of sulfone groups is 1. The van der Waals surface area contributed by atoms with E-state index >= 15 is 0 Å². The van der Waals surface area contributed by atoms with E-state index in [9.17, 15) is 18.0 Å². The van der Waals surface area contributed by atoms with Crippen LogP contribution in [-0.2, 0) is 32.2 Å². The minimum absolute atomic E-state index is 0.188. The van der Waals surface area contributed by atoms with Crippen molar-refractivity contribution >= 4 is 27.4 Å². The Morgan fingerprint density at radius 3 is 2.52 bits per heavy atom. The van der Waals surface area contributed by atoms with Crippen LogP contribution in [0, 0.1) is 0 Å². The SMILES string of the molecule is O=C(OCC(=O)N(c1ccccc1)[C@@H]1C=CS(=O)(=O)C1)c1ccc2c(c1)CCC2. The zero-order valence-corrected chi connectivity index (χ0v) is 16.6. The van der Waals surface area contributed by atoms with Crippen molar-refractivity contribution in [2.75, 3.05) is 17.3 Å². The molecule has 0 aromatic heterocycles. The minimum Gasteiger partial charge on any atom is -0.452 e. The fourth-order valence-corrected chi connectivity index (χ4v) is 5.08. The maximum atomic E-state index is 12.9. The molecule has 0 saturated carbocycles. The van der Waals surface area contributed by atoms with E-state index in [0.29, 0.717) is 11.3 Å². The third-order valence-electron chi connectivity index (χ3n) is 5.21. The van der Waals surface area contributed by atoms with Gasteiger partial charge in [0.25, 0.3) is 5.91 Å². The Kier molecular flexibility index (Phi) is 5.24. The van der Waals surface area contributed by atoms with Gasteiger partial charge in [0.2, 0.25) is 0 Å². The highest BCUT2D eigenvalue weighted by molar-refractivity contribution is 7.94. The number of para-hydroxylation sites is 1. The molecule has 1 aliphatic heterocycles. The third-order valence-corrected chi connectivity index (χ3v) is 6.58. The molecular formula is C22H21NO5S. The number of fused-ring (bicyclic) bond motifs is 1. The van der Waals surface area contributed by atoms with Crippen LogP contribution in [0.3, 0.4) is 0 Å². The molecule has 0 radical (unpaired) electrons. The van der Waals surface area contributed by atoms with Gasteiger partial charge in [-0.05, 0) is 60.7 Å². The van der Waals surface area contributed by atoms with E-state index in [2.05, 4.69) is 0 Å². The van der Waals surface area contributed by atoms with E-state index < -0.39 is 34.4 Å². The number of esters is 1. The number of benzene rings is 2. The molecule has 7 heteroatoms. The first-order chi connectivity index (χ1) is 13.9. The van der Waals surface area contributed by atoms with Gasteiger partial charge < -0.3 is 9.64 Å². The van der Waals surface area contributed by atoms with Gasteiger partial charge in [-0.15, -0.1) is 0 Å². The molecule has 29 heavy (non-hydrogen) atoms. The van der Waals surface area contributed by atoms with Gasteiger partial charge in [0, 0.05) is 11.1 Å². The summed E-state index contributed by atoms with van der Waals surface area (Å²) in [6, 6.07) is 13.6.